The van der Waals surface area contributed by atoms with Crippen LogP contribution in [0.15, 0.2) is 10.9 Å². The predicted molar refractivity (Wildman–Crippen MR) is 112 cm³/mol. The number of nitrogens with two attached hydrogens (primary N) is 1. The van der Waals surface area contributed by atoms with Gasteiger partial charge < -0.3 is 35.0 Å². The zero-order chi connectivity index (χ0) is 21.4. The molecule has 1 aliphatic heterocycles. The Hall–Kier alpha value is -2.73. The van der Waals surface area contributed by atoms with Crippen molar-refractivity contribution in [3.63, 3.8) is 0 Å². The molecule has 1 fully saturated rings. The van der Waals surface area contributed by atoms with E-state index in [0.29, 0.717) is 29.7 Å². The Morgan fingerprint density at radius 3 is 2.57 bits per heavy atom. The molecule has 1 aromatic carbocycles. The Bertz CT molecular complexity index is 1110. The van der Waals surface area contributed by atoms with Gasteiger partial charge in [0.15, 0.2) is 6.29 Å². The molecule has 0 spiro atoms. The number of aromatic nitrogens is 4. The zero-order valence-corrected chi connectivity index (χ0v) is 17.3. The lowest BCUT2D eigenvalue weighted by Gasteiger charge is -2.21. The van der Waals surface area contributed by atoms with Crippen LogP contribution in [0.2, 0.25) is 0 Å². The first-order valence-electron chi connectivity index (χ1n) is 9.63. The molecule has 4 rings (SSSR count). The van der Waals surface area contributed by atoms with Gasteiger partial charge >= 0.3 is 0 Å². The van der Waals surface area contributed by atoms with E-state index in [2.05, 4.69) is 25.3 Å². The van der Waals surface area contributed by atoms with Crippen LogP contribution >= 0.6 is 0 Å². The molecular formula is C19H26N6O5. The Morgan fingerprint density at radius 2 is 1.90 bits per heavy atom. The quantitative estimate of drug-likeness (QED) is 0.436. The van der Waals surface area contributed by atoms with Crippen molar-refractivity contribution < 1.29 is 18.9 Å². The molecule has 0 amide bonds. The molecule has 0 radical (unpaired) electrons. The van der Waals surface area contributed by atoms with Gasteiger partial charge in [0.05, 0.1) is 28.0 Å². The molecule has 0 aliphatic carbocycles. The number of imidazole rings is 1. The number of ether oxygens (including phenoxy) is 4. The van der Waals surface area contributed by atoms with E-state index >= 15 is 0 Å². The molecule has 11 nitrogen and oxygen atoms in total. The topological polar surface area (TPSA) is 149 Å². The van der Waals surface area contributed by atoms with Crippen LogP contribution in [0.4, 0.5) is 11.9 Å². The van der Waals surface area contributed by atoms with E-state index in [4.69, 9.17) is 24.7 Å². The molecule has 1 aliphatic rings. The standard InChI is InChI=1S/C19H26N6O5/c1-21-19-22-10-7-9-12(23-18(20)25-16(9)26)8(13(10)24-19)5-6-11-14(27-2)15(28-3)17(29-4)30-11/h7,11,14-15,17H,5-6H2,1-4H3,(H2,21,22,24)(H3,20,23,25,26)/t11-,14-,15-,17-/m1/s1. The third kappa shape index (κ3) is 3.39. The fourth-order valence-corrected chi connectivity index (χ4v) is 4.13. The summed E-state index contributed by atoms with van der Waals surface area (Å²) in [6.45, 7) is 0. The van der Waals surface area contributed by atoms with Crippen LogP contribution in [-0.2, 0) is 25.4 Å². The van der Waals surface area contributed by atoms with Gasteiger partial charge in [0, 0.05) is 33.9 Å². The Balaban J connectivity index is 1.75. The summed E-state index contributed by atoms with van der Waals surface area (Å²) in [4.78, 5) is 27.2. The van der Waals surface area contributed by atoms with E-state index in [1.54, 1.807) is 34.4 Å². The van der Waals surface area contributed by atoms with Crippen molar-refractivity contribution in [2.75, 3.05) is 39.4 Å². The lowest BCUT2D eigenvalue weighted by Crippen LogP contribution is -2.36. The van der Waals surface area contributed by atoms with Gasteiger partial charge in [0.2, 0.25) is 11.9 Å². The molecule has 11 heteroatoms. The van der Waals surface area contributed by atoms with Crippen LogP contribution in [-0.4, -0.2) is 72.9 Å². The summed E-state index contributed by atoms with van der Waals surface area (Å²) in [5.74, 6) is 0.653. The Kier molecular flexibility index (Phi) is 5.60. The third-order valence-electron chi connectivity index (χ3n) is 5.53. The number of hydrogen-bond acceptors (Lipinski definition) is 9. The first-order valence-corrected chi connectivity index (χ1v) is 9.63. The van der Waals surface area contributed by atoms with Crippen molar-refractivity contribution >= 4 is 33.8 Å². The minimum absolute atomic E-state index is 0.0586. The van der Waals surface area contributed by atoms with Crippen molar-refractivity contribution in [1.29, 1.82) is 0 Å². The normalized spacial score (nSPS) is 24.1. The number of methoxy groups -OCH3 is 3. The van der Waals surface area contributed by atoms with Crippen LogP contribution in [0.3, 0.4) is 0 Å². The fourth-order valence-electron chi connectivity index (χ4n) is 4.13. The van der Waals surface area contributed by atoms with Crippen LogP contribution < -0.4 is 16.6 Å². The summed E-state index contributed by atoms with van der Waals surface area (Å²) in [5.41, 5.74) is 8.32. The van der Waals surface area contributed by atoms with Crippen molar-refractivity contribution in [3.8, 4) is 0 Å². The minimum atomic E-state index is -0.518. The highest BCUT2D eigenvalue weighted by Crippen LogP contribution is 2.32. The van der Waals surface area contributed by atoms with Crippen molar-refractivity contribution in [2.45, 2.75) is 37.4 Å². The third-order valence-corrected chi connectivity index (χ3v) is 5.53. The first kappa shape index (κ1) is 20.5. The predicted octanol–water partition coefficient (Wildman–Crippen LogP) is 0.757. The highest BCUT2D eigenvalue weighted by Gasteiger charge is 2.45. The smallest absolute Gasteiger partial charge is 0.260 e. The largest absolute Gasteiger partial charge is 0.376 e. The molecule has 3 heterocycles. The number of H-pyrrole nitrogens is 2. The number of anilines is 2. The van der Waals surface area contributed by atoms with Crippen LogP contribution in [0, 0.1) is 0 Å². The average Bonchev–Trinajstić information content (AvgIpc) is 3.31. The molecule has 0 unspecified atom stereocenters. The molecule has 2 aromatic heterocycles. The maximum atomic E-state index is 12.5. The van der Waals surface area contributed by atoms with Gasteiger partial charge in [-0.2, -0.15) is 0 Å². The van der Waals surface area contributed by atoms with Gasteiger partial charge in [-0.15, -0.1) is 0 Å². The number of fused-ring (bicyclic) bond motifs is 2. The second kappa shape index (κ2) is 8.19. The van der Waals surface area contributed by atoms with E-state index in [-0.39, 0.29) is 29.8 Å². The van der Waals surface area contributed by atoms with E-state index in [0.717, 1.165) is 16.6 Å². The van der Waals surface area contributed by atoms with Crippen LogP contribution in [0.1, 0.15) is 12.0 Å². The van der Waals surface area contributed by atoms with Gasteiger partial charge in [-0.25, -0.2) is 9.97 Å². The molecular weight excluding hydrogens is 392 g/mol. The van der Waals surface area contributed by atoms with E-state index in [9.17, 15) is 4.79 Å². The molecule has 162 valence electrons. The SMILES string of the molecule is CNc1nc2c(CC[C@H]3O[C@@H](OC)[C@H](OC)[C@@H]3OC)c3nc(N)[nH]c(=O)c3cc2[nH]1. The van der Waals surface area contributed by atoms with Crippen LogP contribution in [0.5, 0.6) is 0 Å². The van der Waals surface area contributed by atoms with Gasteiger partial charge in [0.1, 0.15) is 12.2 Å². The molecule has 0 bridgehead atoms. The minimum Gasteiger partial charge on any atom is -0.376 e. The van der Waals surface area contributed by atoms with Gasteiger partial charge in [-0.05, 0) is 18.9 Å². The number of nitrogens with one attached hydrogen (secondary N) is 3. The average molecular weight is 418 g/mol. The highest BCUT2D eigenvalue weighted by atomic mass is 16.7. The lowest BCUT2D eigenvalue weighted by atomic mass is 9.99. The number of nitrogens with zero attached hydrogens (tertiary/aromatic N) is 2. The van der Waals surface area contributed by atoms with Gasteiger partial charge in [0.25, 0.3) is 5.56 Å². The number of nitrogen functional groups attached to an aromatic ring is 1. The monoisotopic (exact) mass is 418 g/mol. The first-order chi connectivity index (χ1) is 14.5. The highest BCUT2D eigenvalue weighted by molar-refractivity contribution is 5.98. The van der Waals surface area contributed by atoms with Crippen molar-refractivity contribution in [2.24, 2.45) is 0 Å². The second-order valence-electron chi connectivity index (χ2n) is 7.15. The van der Waals surface area contributed by atoms with E-state index in [1.165, 1.54) is 0 Å². The number of hydrogen-bond donors (Lipinski definition) is 4. The second-order valence-corrected chi connectivity index (χ2v) is 7.15. The zero-order valence-electron chi connectivity index (χ0n) is 17.3. The fraction of sp³-hybridized carbons (Fsp3) is 0.526. The summed E-state index contributed by atoms with van der Waals surface area (Å²) < 4.78 is 22.5. The molecule has 1 saturated heterocycles. The Labute approximate surface area is 172 Å². The van der Waals surface area contributed by atoms with E-state index < -0.39 is 6.29 Å². The molecule has 5 N–H and O–H groups in total. The van der Waals surface area contributed by atoms with Crippen molar-refractivity contribution in [3.05, 3.63) is 22.0 Å². The van der Waals surface area contributed by atoms with E-state index in [1.807, 2.05) is 0 Å². The summed E-state index contributed by atoms with van der Waals surface area (Å²) >= 11 is 0. The van der Waals surface area contributed by atoms with Gasteiger partial charge in [-0.3, -0.25) is 9.78 Å². The Morgan fingerprint density at radius 1 is 1.13 bits per heavy atom. The maximum Gasteiger partial charge on any atom is 0.260 e. The maximum absolute atomic E-state index is 12.5. The summed E-state index contributed by atoms with van der Waals surface area (Å²) in [5, 5.41) is 3.43. The number of rotatable bonds is 7. The van der Waals surface area contributed by atoms with Crippen molar-refractivity contribution in [1.82, 2.24) is 19.9 Å². The summed E-state index contributed by atoms with van der Waals surface area (Å²) in [6.07, 6.45) is -0.292. The molecule has 3 aromatic rings. The summed E-state index contributed by atoms with van der Waals surface area (Å²) in [7, 11) is 6.56. The number of aryl methyl sites for hydroxylation is 1. The number of benzene rings is 1. The van der Waals surface area contributed by atoms with Gasteiger partial charge in [-0.1, -0.05) is 0 Å². The molecule has 0 saturated carbocycles. The van der Waals surface area contributed by atoms with Crippen LogP contribution in [0.25, 0.3) is 21.9 Å². The lowest BCUT2D eigenvalue weighted by molar-refractivity contribution is -0.156. The number of aromatic amines is 2. The molecule has 30 heavy (non-hydrogen) atoms. The molecule has 4 atom stereocenters. The summed E-state index contributed by atoms with van der Waals surface area (Å²) in [6, 6.07) is 1.74.